The number of carbonyl (C=O) groups excluding carboxylic acids is 2. The molecule has 0 aliphatic rings. The number of carbonyl (C=O) groups is 2. The van der Waals surface area contributed by atoms with E-state index in [9.17, 15) is 18.0 Å². The fourth-order valence-corrected chi connectivity index (χ4v) is 3.03. The van der Waals surface area contributed by atoms with Gasteiger partial charge in [-0.3, -0.25) is 4.79 Å². The summed E-state index contributed by atoms with van der Waals surface area (Å²) in [4.78, 5) is 23.8. The number of anilines is 1. The Morgan fingerprint density at radius 3 is 2.19 bits per heavy atom. The van der Waals surface area contributed by atoms with Gasteiger partial charge < -0.3 is 16.4 Å². The van der Waals surface area contributed by atoms with E-state index in [1.807, 2.05) is 30.3 Å². The molecule has 2 aromatic rings. The van der Waals surface area contributed by atoms with Gasteiger partial charge in [0.15, 0.2) is 0 Å². The number of nitrogens with one attached hydrogen (secondary N) is 3. The molecule has 2 aromatic carbocycles. The van der Waals surface area contributed by atoms with Crippen LogP contribution in [-0.4, -0.2) is 33.4 Å². The van der Waals surface area contributed by atoms with Crippen LogP contribution in [0.1, 0.15) is 5.56 Å². The lowest BCUT2D eigenvalue weighted by atomic mass is 10.1. The molecule has 0 saturated heterocycles. The van der Waals surface area contributed by atoms with E-state index in [2.05, 4.69) is 15.4 Å². The Labute approximate surface area is 151 Å². The monoisotopic (exact) mass is 376 g/mol. The molecule has 0 spiro atoms. The van der Waals surface area contributed by atoms with Gasteiger partial charge >= 0.3 is 6.03 Å². The first-order valence-corrected chi connectivity index (χ1v) is 9.24. The van der Waals surface area contributed by atoms with E-state index >= 15 is 0 Å². The lowest BCUT2D eigenvalue weighted by molar-refractivity contribution is -0.117. The third kappa shape index (κ3) is 5.30. The van der Waals surface area contributed by atoms with Gasteiger partial charge in [0.25, 0.3) is 0 Å². The second-order valence-electron chi connectivity index (χ2n) is 5.47. The van der Waals surface area contributed by atoms with Gasteiger partial charge in [-0.1, -0.05) is 30.3 Å². The molecular formula is C17H20N4O4S. The zero-order valence-electron chi connectivity index (χ0n) is 14.1. The third-order valence-corrected chi connectivity index (χ3v) is 5.05. The molecule has 0 heterocycles. The van der Waals surface area contributed by atoms with E-state index in [-0.39, 0.29) is 11.3 Å². The topological polar surface area (TPSA) is 130 Å². The van der Waals surface area contributed by atoms with Crippen molar-refractivity contribution in [2.45, 2.75) is 17.4 Å². The molecule has 0 saturated carbocycles. The number of benzene rings is 2. The van der Waals surface area contributed by atoms with Gasteiger partial charge in [-0.25, -0.2) is 17.9 Å². The number of nitrogens with two attached hydrogens (primary N) is 1. The molecule has 0 bridgehead atoms. The standard InChI is InChI=1S/C17H20N4O4S/c1-19-26(24,25)14-9-7-13(8-10-14)20-16(22)15(21-17(18)23)11-12-5-3-2-4-6-12/h2-10,15,19H,11H2,1H3,(H,20,22)(H3,18,21,23). The molecule has 9 heteroatoms. The average Bonchev–Trinajstić information content (AvgIpc) is 2.62. The smallest absolute Gasteiger partial charge is 0.312 e. The molecule has 0 radical (unpaired) electrons. The molecule has 1 unspecified atom stereocenters. The number of sulfonamides is 1. The maximum absolute atomic E-state index is 12.5. The quantitative estimate of drug-likeness (QED) is 0.570. The number of hydrogen-bond donors (Lipinski definition) is 4. The van der Waals surface area contributed by atoms with Crippen LogP contribution in [0.2, 0.25) is 0 Å². The van der Waals surface area contributed by atoms with Crippen LogP contribution >= 0.6 is 0 Å². The summed E-state index contributed by atoms with van der Waals surface area (Å²) in [6.45, 7) is 0. The number of hydrogen-bond acceptors (Lipinski definition) is 4. The SMILES string of the molecule is CNS(=O)(=O)c1ccc(NC(=O)C(Cc2ccccc2)NC(N)=O)cc1. The van der Waals surface area contributed by atoms with Crippen molar-refractivity contribution in [3.05, 3.63) is 60.2 Å². The second kappa shape index (κ2) is 8.45. The Kier molecular flexibility index (Phi) is 6.31. The zero-order valence-corrected chi connectivity index (χ0v) is 14.9. The molecule has 138 valence electrons. The van der Waals surface area contributed by atoms with Crippen LogP contribution in [0.5, 0.6) is 0 Å². The first-order valence-electron chi connectivity index (χ1n) is 7.76. The van der Waals surface area contributed by atoms with Gasteiger partial charge in [0.2, 0.25) is 15.9 Å². The van der Waals surface area contributed by atoms with E-state index in [0.717, 1.165) is 5.56 Å². The number of primary amides is 1. The maximum Gasteiger partial charge on any atom is 0.312 e. The van der Waals surface area contributed by atoms with Crippen molar-refractivity contribution in [2.75, 3.05) is 12.4 Å². The van der Waals surface area contributed by atoms with Crippen molar-refractivity contribution in [1.29, 1.82) is 0 Å². The molecule has 8 nitrogen and oxygen atoms in total. The normalized spacial score (nSPS) is 12.2. The highest BCUT2D eigenvalue weighted by atomic mass is 32.2. The summed E-state index contributed by atoms with van der Waals surface area (Å²) in [5.41, 5.74) is 6.41. The Morgan fingerprint density at radius 2 is 1.65 bits per heavy atom. The predicted octanol–water partition coefficient (Wildman–Crippen LogP) is 0.813. The van der Waals surface area contributed by atoms with Crippen molar-refractivity contribution < 1.29 is 18.0 Å². The zero-order chi connectivity index (χ0) is 19.2. The van der Waals surface area contributed by atoms with E-state index < -0.39 is 28.0 Å². The molecule has 0 aromatic heterocycles. The van der Waals surface area contributed by atoms with Gasteiger partial charge in [0, 0.05) is 12.1 Å². The van der Waals surface area contributed by atoms with Crippen LogP contribution in [0.25, 0.3) is 0 Å². The highest BCUT2D eigenvalue weighted by Crippen LogP contribution is 2.14. The first-order chi connectivity index (χ1) is 12.3. The summed E-state index contributed by atoms with van der Waals surface area (Å²) in [5.74, 6) is -0.461. The van der Waals surface area contributed by atoms with Crippen molar-refractivity contribution >= 4 is 27.6 Å². The molecule has 1 atom stereocenters. The van der Waals surface area contributed by atoms with Crippen LogP contribution < -0.4 is 21.1 Å². The average molecular weight is 376 g/mol. The lowest BCUT2D eigenvalue weighted by Gasteiger charge is -2.17. The summed E-state index contributed by atoms with van der Waals surface area (Å²) >= 11 is 0. The Balaban J connectivity index is 2.12. The summed E-state index contributed by atoms with van der Waals surface area (Å²) in [6.07, 6.45) is 0.266. The van der Waals surface area contributed by atoms with Crippen LogP contribution in [0.4, 0.5) is 10.5 Å². The molecule has 0 aliphatic heterocycles. The minimum Gasteiger partial charge on any atom is -0.352 e. The highest BCUT2D eigenvalue weighted by Gasteiger charge is 2.20. The Morgan fingerprint density at radius 1 is 1.04 bits per heavy atom. The summed E-state index contributed by atoms with van der Waals surface area (Å²) in [5, 5.41) is 5.05. The van der Waals surface area contributed by atoms with E-state index in [4.69, 9.17) is 5.73 Å². The van der Waals surface area contributed by atoms with E-state index in [1.165, 1.54) is 31.3 Å². The number of rotatable bonds is 7. The Bertz CT molecular complexity index is 867. The molecule has 0 aliphatic carbocycles. The highest BCUT2D eigenvalue weighted by molar-refractivity contribution is 7.89. The number of amides is 3. The molecule has 5 N–H and O–H groups in total. The predicted molar refractivity (Wildman–Crippen MR) is 98.0 cm³/mol. The van der Waals surface area contributed by atoms with Gasteiger partial charge in [0.05, 0.1) is 4.90 Å². The van der Waals surface area contributed by atoms with Gasteiger partial charge in [-0.15, -0.1) is 0 Å². The largest absolute Gasteiger partial charge is 0.352 e. The fraction of sp³-hybridized carbons (Fsp3) is 0.176. The second-order valence-corrected chi connectivity index (χ2v) is 7.36. The molecule has 2 rings (SSSR count). The van der Waals surface area contributed by atoms with Gasteiger partial charge in [0.1, 0.15) is 6.04 Å². The summed E-state index contributed by atoms with van der Waals surface area (Å²) in [6, 6.07) is 13.2. The van der Waals surface area contributed by atoms with E-state index in [0.29, 0.717) is 5.69 Å². The third-order valence-electron chi connectivity index (χ3n) is 3.62. The van der Waals surface area contributed by atoms with E-state index in [1.54, 1.807) is 0 Å². The van der Waals surface area contributed by atoms with Gasteiger partial charge in [-0.2, -0.15) is 0 Å². The fourth-order valence-electron chi connectivity index (χ4n) is 2.30. The lowest BCUT2D eigenvalue weighted by Crippen LogP contribution is -2.47. The minimum absolute atomic E-state index is 0.0779. The van der Waals surface area contributed by atoms with Crippen molar-refractivity contribution in [3.8, 4) is 0 Å². The molecule has 26 heavy (non-hydrogen) atoms. The summed E-state index contributed by atoms with van der Waals surface area (Å²) in [7, 11) is -2.24. The van der Waals surface area contributed by atoms with Crippen LogP contribution in [-0.2, 0) is 21.2 Å². The Hall–Kier alpha value is -2.91. The molecule has 3 amide bonds. The summed E-state index contributed by atoms with van der Waals surface area (Å²) < 4.78 is 25.6. The number of urea groups is 1. The van der Waals surface area contributed by atoms with Crippen molar-refractivity contribution in [1.82, 2.24) is 10.0 Å². The van der Waals surface area contributed by atoms with Crippen LogP contribution in [0.3, 0.4) is 0 Å². The van der Waals surface area contributed by atoms with Gasteiger partial charge in [-0.05, 0) is 36.9 Å². The first kappa shape index (κ1) is 19.4. The van der Waals surface area contributed by atoms with Crippen molar-refractivity contribution in [2.24, 2.45) is 5.73 Å². The minimum atomic E-state index is -3.55. The van der Waals surface area contributed by atoms with Crippen molar-refractivity contribution in [3.63, 3.8) is 0 Å². The van der Waals surface area contributed by atoms with Crippen LogP contribution in [0.15, 0.2) is 59.5 Å². The molecular weight excluding hydrogens is 356 g/mol. The maximum atomic E-state index is 12.5. The molecule has 0 fully saturated rings. The van der Waals surface area contributed by atoms with Crippen LogP contribution in [0, 0.1) is 0 Å².